The van der Waals surface area contributed by atoms with Crippen molar-refractivity contribution in [1.29, 1.82) is 0 Å². The van der Waals surface area contributed by atoms with E-state index in [0.717, 1.165) is 7.11 Å². The maximum absolute atomic E-state index is 12.8. The summed E-state index contributed by atoms with van der Waals surface area (Å²) in [6, 6.07) is 0.646. The minimum atomic E-state index is -5.20. The molecule has 5 nitrogen and oxygen atoms in total. The summed E-state index contributed by atoms with van der Waals surface area (Å²) >= 11 is 0. The molecule has 0 amide bonds. The van der Waals surface area contributed by atoms with Crippen LogP contribution >= 0.6 is 0 Å². The molecule has 0 atom stereocenters. The lowest BCUT2D eigenvalue weighted by Crippen LogP contribution is -2.20. The highest BCUT2D eigenvalue weighted by Crippen LogP contribution is 2.35. The molecular formula is C12H12F5NO4. The average Bonchev–Trinajstić information content (AvgIpc) is 2.36. The Bertz CT molecular complexity index is 533. The largest absolute Gasteiger partial charge is 0.574 e. The maximum Gasteiger partial charge on any atom is 0.574 e. The summed E-state index contributed by atoms with van der Waals surface area (Å²) in [5.41, 5.74) is -1.40. The Balaban J connectivity index is 3.26. The van der Waals surface area contributed by atoms with E-state index in [9.17, 15) is 26.7 Å². The fourth-order valence-corrected chi connectivity index (χ4v) is 1.53. The third kappa shape index (κ3) is 5.01. The normalized spacial score (nSPS) is 11.5. The predicted octanol–water partition coefficient (Wildman–Crippen LogP) is 3.03. The van der Waals surface area contributed by atoms with Crippen molar-refractivity contribution < 1.29 is 41.0 Å². The SMILES string of the molecule is CCOC(=O)Cc1nc(OC(F)(F)F)c(C(F)F)cc1OC. The number of pyridine rings is 1. The van der Waals surface area contributed by atoms with Gasteiger partial charge in [0.2, 0.25) is 5.88 Å². The second kappa shape index (κ2) is 7.23. The molecule has 0 radical (unpaired) electrons. The van der Waals surface area contributed by atoms with E-state index in [-0.39, 0.29) is 18.1 Å². The fraction of sp³-hybridized carbons (Fsp3) is 0.500. The van der Waals surface area contributed by atoms with Crippen molar-refractivity contribution in [3.8, 4) is 11.6 Å². The van der Waals surface area contributed by atoms with Crippen LogP contribution in [0.25, 0.3) is 0 Å². The second-order valence-corrected chi connectivity index (χ2v) is 3.86. The lowest BCUT2D eigenvalue weighted by Gasteiger charge is -2.15. The van der Waals surface area contributed by atoms with E-state index < -0.39 is 36.6 Å². The van der Waals surface area contributed by atoms with E-state index in [4.69, 9.17) is 4.74 Å². The van der Waals surface area contributed by atoms with Gasteiger partial charge in [0.25, 0.3) is 6.43 Å². The van der Waals surface area contributed by atoms with E-state index in [0.29, 0.717) is 6.07 Å². The first-order valence-electron chi connectivity index (χ1n) is 5.95. The third-order valence-corrected chi connectivity index (χ3v) is 2.34. The van der Waals surface area contributed by atoms with Gasteiger partial charge in [0.05, 0.1) is 31.4 Å². The summed E-state index contributed by atoms with van der Waals surface area (Å²) in [4.78, 5) is 14.7. The van der Waals surface area contributed by atoms with Crippen LogP contribution in [-0.2, 0) is 16.0 Å². The van der Waals surface area contributed by atoms with Crippen molar-refractivity contribution in [3.63, 3.8) is 0 Å². The number of carbonyl (C=O) groups excluding carboxylic acids is 1. The van der Waals surface area contributed by atoms with Crippen LogP contribution in [0.1, 0.15) is 24.6 Å². The number of carbonyl (C=O) groups is 1. The highest BCUT2D eigenvalue weighted by Gasteiger charge is 2.35. The van der Waals surface area contributed by atoms with E-state index >= 15 is 0 Å². The maximum atomic E-state index is 12.8. The van der Waals surface area contributed by atoms with Crippen LogP contribution in [0.5, 0.6) is 11.6 Å². The Kier molecular flexibility index (Phi) is 5.89. The van der Waals surface area contributed by atoms with Gasteiger partial charge in [-0.1, -0.05) is 0 Å². The summed E-state index contributed by atoms with van der Waals surface area (Å²) < 4.78 is 75.2. The number of rotatable bonds is 6. The molecule has 0 aliphatic carbocycles. The van der Waals surface area contributed by atoms with E-state index in [1.807, 2.05) is 0 Å². The summed E-state index contributed by atoms with van der Waals surface area (Å²) in [7, 11) is 1.10. The molecule has 0 saturated carbocycles. The van der Waals surface area contributed by atoms with Crippen LogP contribution in [-0.4, -0.2) is 31.0 Å². The summed E-state index contributed by atoms with van der Waals surface area (Å²) in [6.07, 6.45) is -9.02. The average molecular weight is 329 g/mol. The lowest BCUT2D eigenvalue weighted by atomic mass is 10.2. The number of esters is 1. The number of methoxy groups -OCH3 is 1. The van der Waals surface area contributed by atoms with Crippen LogP contribution < -0.4 is 9.47 Å². The van der Waals surface area contributed by atoms with E-state index in [1.165, 1.54) is 6.92 Å². The molecule has 1 aromatic heterocycles. The molecule has 0 fully saturated rings. The zero-order chi connectivity index (χ0) is 16.9. The van der Waals surface area contributed by atoms with Crippen LogP contribution in [0, 0.1) is 0 Å². The van der Waals surface area contributed by atoms with Crippen LogP contribution in [0.2, 0.25) is 0 Å². The topological polar surface area (TPSA) is 57.7 Å². The van der Waals surface area contributed by atoms with Gasteiger partial charge in [-0.3, -0.25) is 4.79 Å². The Morgan fingerprint density at radius 1 is 1.36 bits per heavy atom. The molecule has 0 saturated heterocycles. The molecule has 10 heteroatoms. The first-order chi connectivity index (χ1) is 10.2. The van der Waals surface area contributed by atoms with Gasteiger partial charge in [0, 0.05) is 0 Å². The van der Waals surface area contributed by atoms with Crippen LogP contribution in [0.4, 0.5) is 22.0 Å². The molecule has 0 aliphatic heterocycles. The van der Waals surface area contributed by atoms with E-state index in [1.54, 1.807) is 0 Å². The van der Waals surface area contributed by atoms with Crippen molar-refractivity contribution in [3.05, 3.63) is 17.3 Å². The summed E-state index contributed by atoms with van der Waals surface area (Å²) in [6.45, 7) is 1.57. The third-order valence-electron chi connectivity index (χ3n) is 2.34. The summed E-state index contributed by atoms with van der Waals surface area (Å²) in [5, 5.41) is 0. The Morgan fingerprint density at radius 3 is 2.45 bits per heavy atom. The molecule has 0 unspecified atom stereocenters. The summed E-state index contributed by atoms with van der Waals surface area (Å²) in [5.74, 6) is -2.39. The number of ether oxygens (including phenoxy) is 3. The minimum Gasteiger partial charge on any atom is -0.495 e. The molecule has 0 N–H and O–H groups in total. The van der Waals surface area contributed by atoms with Gasteiger partial charge in [-0.2, -0.15) is 0 Å². The number of hydrogen-bond acceptors (Lipinski definition) is 5. The van der Waals surface area contributed by atoms with Gasteiger partial charge < -0.3 is 14.2 Å². The smallest absolute Gasteiger partial charge is 0.495 e. The Labute approximate surface area is 122 Å². The molecule has 0 aliphatic rings. The van der Waals surface area contributed by atoms with Crippen LogP contribution in [0.15, 0.2) is 6.07 Å². The lowest BCUT2D eigenvalue weighted by molar-refractivity contribution is -0.276. The minimum absolute atomic E-state index is 0.0438. The number of aromatic nitrogens is 1. The first-order valence-corrected chi connectivity index (χ1v) is 5.95. The van der Waals surface area contributed by atoms with Gasteiger partial charge >= 0.3 is 12.3 Å². The molecule has 0 aromatic carbocycles. The standard InChI is InChI=1S/C12H12F5NO4/c1-3-21-9(19)5-7-8(20-2)4-6(10(13)14)11(18-7)22-12(15,16)17/h4,10H,3,5H2,1-2H3. The molecule has 22 heavy (non-hydrogen) atoms. The van der Waals surface area contributed by atoms with Crippen molar-refractivity contribution in [1.82, 2.24) is 4.98 Å². The van der Waals surface area contributed by atoms with Gasteiger partial charge in [0.1, 0.15) is 5.75 Å². The molecule has 0 bridgehead atoms. The number of hydrogen-bond donors (Lipinski definition) is 0. The molecular weight excluding hydrogens is 317 g/mol. The van der Waals surface area contributed by atoms with Gasteiger partial charge in [-0.15, -0.1) is 13.2 Å². The van der Waals surface area contributed by atoms with Gasteiger partial charge in [-0.25, -0.2) is 13.8 Å². The van der Waals surface area contributed by atoms with Crippen LogP contribution in [0.3, 0.4) is 0 Å². The Morgan fingerprint density at radius 2 is 2.00 bits per heavy atom. The van der Waals surface area contributed by atoms with Crippen molar-refractivity contribution in [2.24, 2.45) is 0 Å². The second-order valence-electron chi connectivity index (χ2n) is 3.86. The predicted molar refractivity (Wildman–Crippen MR) is 62.8 cm³/mol. The van der Waals surface area contributed by atoms with Crippen molar-refractivity contribution >= 4 is 5.97 Å². The van der Waals surface area contributed by atoms with E-state index in [2.05, 4.69) is 14.5 Å². The molecule has 1 heterocycles. The van der Waals surface area contributed by atoms with Gasteiger partial charge in [0.15, 0.2) is 0 Å². The molecule has 1 aromatic rings. The fourth-order valence-electron chi connectivity index (χ4n) is 1.53. The number of halogens is 5. The van der Waals surface area contributed by atoms with Gasteiger partial charge in [-0.05, 0) is 13.0 Å². The highest BCUT2D eigenvalue weighted by atomic mass is 19.4. The molecule has 1 rings (SSSR count). The monoisotopic (exact) mass is 329 g/mol. The quantitative estimate of drug-likeness (QED) is 0.593. The molecule has 124 valence electrons. The highest BCUT2D eigenvalue weighted by molar-refractivity contribution is 5.73. The zero-order valence-electron chi connectivity index (χ0n) is 11.5. The number of nitrogens with zero attached hydrogens (tertiary/aromatic N) is 1. The van der Waals surface area contributed by atoms with Crippen molar-refractivity contribution in [2.75, 3.05) is 13.7 Å². The number of alkyl halides is 5. The first kappa shape index (κ1) is 17.9. The molecule has 0 spiro atoms. The Hall–Kier alpha value is -2.13. The zero-order valence-corrected chi connectivity index (χ0v) is 11.5. The van der Waals surface area contributed by atoms with Crippen molar-refractivity contribution in [2.45, 2.75) is 26.1 Å².